The molecule has 1 saturated heterocycles. The summed E-state index contributed by atoms with van der Waals surface area (Å²) in [5.41, 5.74) is 1.87. The number of piperazine rings is 1. The Morgan fingerprint density at radius 3 is 2.52 bits per heavy atom. The van der Waals surface area contributed by atoms with Crippen molar-refractivity contribution in [3.05, 3.63) is 63.9 Å². The summed E-state index contributed by atoms with van der Waals surface area (Å²) in [4.78, 5) is 6.73. The minimum atomic E-state index is -3.80. The molecule has 33 heavy (non-hydrogen) atoms. The summed E-state index contributed by atoms with van der Waals surface area (Å²) in [6, 6.07) is 8.97. The summed E-state index contributed by atoms with van der Waals surface area (Å²) in [7, 11) is -0.549. The number of aromatic nitrogens is 1. The highest BCUT2D eigenvalue weighted by Crippen LogP contribution is 2.30. The lowest BCUT2D eigenvalue weighted by Gasteiger charge is -2.33. The summed E-state index contributed by atoms with van der Waals surface area (Å²) in [5, 5.41) is 2.72. The van der Waals surface area contributed by atoms with Gasteiger partial charge in [-0.2, -0.15) is 4.31 Å². The first-order valence-corrected chi connectivity index (χ1v) is 12.9. The molecule has 0 amide bonds. The quantitative estimate of drug-likeness (QED) is 0.476. The third kappa shape index (κ3) is 5.08. The molecule has 176 valence electrons. The van der Waals surface area contributed by atoms with E-state index in [0.717, 1.165) is 40.0 Å². The van der Waals surface area contributed by atoms with Gasteiger partial charge in [-0.15, -0.1) is 11.3 Å². The molecule has 0 unspecified atom stereocenters. The second-order valence-electron chi connectivity index (χ2n) is 7.44. The minimum absolute atomic E-state index is 0.0808. The zero-order valence-corrected chi connectivity index (χ0v) is 20.5. The van der Waals surface area contributed by atoms with Gasteiger partial charge in [0.15, 0.2) is 5.13 Å². The molecule has 0 saturated carbocycles. The Balaban J connectivity index is 1.43. The average Bonchev–Trinajstić information content (AvgIpc) is 3.27. The number of sulfonamides is 1. The van der Waals surface area contributed by atoms with E-state index in [1.54, 1.807) is 14.2 Å². The molecule has 3 aromatic rings. The first-order valence-electron chi connectivity index (χ1n) is 10.2. The molecule has 4 rings (SSSR count). The molecule has 0 N–H and O–H groups in total. The fraction of sp³-hybridized carbons (Fsp3) is 0.318. The topological polar surface area (TPSA) is 72.0 Å². The van der Waals surface area contributed by atoms with Gasteiger partial charge in [0.1, 0.15) is 22.2 Å². The van der Waals surface area contributed by atoms with E-state index in [1.807, 2.05) is 23.6 Å². The van der Waals surface area contributed by atoms with E-state index in [0.29, 0.717) is 19.5 Å². The molecule has 0 atom stereocenters. The molecule has 2 heterocycles. The van der Waals surface area contributed by atoms with Gasteiger partial charge in [0.25, 0.3) is 0 Å². The van der Waals surface area contributed by atoms with Gasteiger partial charge in [0.2, 0.25) is 10.0 Å². The van der Waals surface area contributed by atoms with E-state index in [2.05, 4.69) is 4.90 Å². The van der Waals surface area contributed by atoms with Crippen molar-refractivity contribution in [2.75, 3.05) is 45.3 Å². The second kappa shape index (κ2) is 9.84. The molecule has 7 nitrogen and oxygen atoms in total. The lowest BCUT2D eigenvalue weighted by atomic mass is 10.1. The van der Waals surface area contributed by atoms with Gasteiger partial charge in [0, 0.05) is 43.5 Å². The Kier molecular flexibility index (Phi) is 7.08. The van der Waals surface area contributed by atoms with Crippen molar-refractivity contribution >= 4 is 38.1 Å². The van der Waals surface area contributed by atoms with Crippen molar-refractivity contribution in [2.24, 2.45) is 0 Å². The van der Waals surface area contributed by atoms with Crippen molar-refractivity contribution in [1.29, 1.82) is 0 Å². The van der Waals surface area contributed by atoms with Gasteiger partial charge < -0.3 is 14.4 Å². The van der Waals surface area contributed by atoms with Crippen molar-refractivity contribution in [1.82, 2.24) is 9.29 Å². The second-order valence-corrected chi connectivity index (χ2v) is 10.6. The first kappa shape index (κ1) is 23.7. The SMILES string of the molecule is COc1ccc(OC)c(Cc2csc(N3CCN(S(=O)(=O)c4ccc(F)cc4Cl)CC3)n2)c1. The molecule has 2 aromatic carbocycles. The van der Waals surface area contributed by atoms with Gasteiger partial charge in [-0.3, -0.25) is 0 Å². The number of ether oxygens (including phenoxy) is 2. The number of nitrogens with zero attached hydrogens (tertiary/aromatic N) is 3. The first-order chi connectivity index (χ1) is 15.8. The average molecular weight is 512 g/mol. The molecule has 1 aliphatic rings. The Labute approximate surface area is 201 Å². The van der Waals surface area contributed by atoms with Gasteiger partial charge in [-0.25, -0.2) is 17.8 Å². The number of benzene rings is 2. The van der Waals surface area contributed by atoms with E-state index in [9.17, 15) is 12.8 Å². The number of thiazole rings is 1. The minimum Gasteiger partial charge on any atom is -0.497 e. The maximum Gasteiger partial charge on any atom is 0.244 e. The third-order valence-corrected chi connectivity index (χ3v) is 8.75. The maximum absolute atomic E-state index is 13.3. The van der Waals surface area contributed by atoms with Crippen LogP contribution in [0, 0.1) is 5.82 Å². The zero-order chi connectivity index (χ0) is 23.6. The number of halogens is 2. The van der Waals surface area contributed by atoms with Crippen LogP contribution < -0.4 is 14.4 Å². The number of anilines is 1. The maximum atomic E-state index is 13.3. The van der Waals surface area contributed by atoms with Crippen LogP contribution in [0.2, 0.25) is 5.02 Å². The number of rotatable bonds is 7. The molecular formula is C22H23ClFN3O4S2. The Bertz CT molecular complexity index is 1240. The summed E-state index contributed by atoms with van der Waals surface area (Å²) in [6.07, 6.45) is 0.592. The molecule has 0 spiro atoms. The molecular weight excluding hydrogens is 489 g/mol. The lowest BCUT2D eigenvalue weighted by molar-refractivity contribution is 0.384. The van der Waals surface area contributed by atoms with Gasteiger partial charge in [0.05, 0.1) is 24.9 Å². The van der Waals surface area contributed by atoms with Crippen LogP contribution in [-0.2, 0) is 16.4 Å². The summed E-state index contributed by atoms with van der Waals surface area (Å²) in [5.74, 6) is 0.943. The normalized spacial score (nSPS) is 15.0. The monoisotopic (exact) mass is 511 g/mol. The van der Waals surface area contributed by atoms with E-state index in [-0.39, 0.29) is 23.0 Å². The highest BCUT2D eigenvalue weighted by molar-refractivity contribution is 7.89. The number of hydrogen-bond donors (Lipinski definition) is 0. The molecule has 1 aromatic heterocycles. The standard InChI is InChI=1S/C22H23ClFN3O4S2/c1-30-18-4-5-20(31-2)15(12-18)11-17-14-32-22(25-17)26-7-9-27(10-8-26)33(28,29)21-6-3-16(24)13-19(21)23/h3-6,12-14H,7-11H2,1-2H3. The van der Waals surface area contributed by atoms with Crippen molar-refractivity contribution in [3.8, 4) is 11.5 Å². The molecule has 11 heteroatoms. The molecule has 0 radical (unpaired) electrons. The Hall–Kier alpha value is -2.40. The van der Waals surface area contributed by atoms with Crippen molar-refractivity contribution < 1.29 is 22.3 Å². The van der Waals surface area contributed by atoms with Gasteiger partial charge in [-0.1, -0.05) is 11.6 Å². The van der Waals surface area contributed by atoms with Crippen LogP contribution in [-0.4, -0.2) is 58.1 Å². The van der Waals surface area contributed by atoms with Crippen LogP contribution in [0.1, 0.15) is 11.3 Å². The molecule has 0 aliphatic carbocycles. The zero-order valence-electron chi connectivity index (χ0n) is 18.1. The van der Waals surface area contributed by atoms with Crippen LogP contribution in [0.15, 0.2) is 46.7 Å². The third-order valence-electron chi connectivity index (χ3n) is 5.42. The van der Waals surface area contributed by atoms with Crippen LogP contribution in [0.3, 0.4) is 0 Å². The number of hydrogen-bond acceptors (Lipinski definition) is 7. The smallest absolute Gasteiger partial charge is 0.244 e. The van der Waals surface area contributed by atoms with Crippen molar-refractivity contribution in [2.45, 2.75) is 11.3 Å². The van der Waals surface area contributed by atoms with E-state index >= 15 is 0 Å². The molecule has 1 aliphatic heterocycles. The van der Waals surface area contributed by atoms with Crippen LogP contribution >= 0.6 is 22.9 Å². The summed E-state index contributed by atoms with van der Waals surface area (Å²) in [6.45, 7) is 1.56. The lowest BCUT2D eigenvalue weighted by Crippen LogP contribution is -2.48. The van der Waals surface area contributed by atoms with E-state index in [4.69, 9.17) is 26.1 Å². The fourth-order valence-corrected chi connectivity index (χ4v) is 6.49. The van der Waals surface area contributed by atoms with Crippen molar-refractivity contribution in [3.63, 3.8) is 0 Å². The summed E-state index contributed by atoms with van der Waals surface area (Å²) < 4.78 is 51.4. The van der Waals surface area contributed by atoms with Crippen LogP contribution in [0.5, 0.6) is 11.5 Å². The molecule has 0 bridgehead atoms. The largest absolute Gasteiger partial charge is 0.497 e. The van der Waals surface area contributed by atoms with Crippen LogP contribution in [0.4, 0.5) is 9.52 Å². The van der Waals surface area contributed by atoms with E-state index in [1.165, 1.54) is 21.7 Å². The van der Waals surface area contributed by atoms with Gasteiger partial charge in [-0.05, 0) is 36.4 Å². The predicted octanol–water partition coefficient (Wildman–Crippen LogP) is 4.05. The Morgan fingerprint density at radius 2 is 1.85 bits per heavy atom. The fourth-order valence-electron chi connectivity index (χ4n) is 3.68. The van der Waals surface area contributed by atoms with Gasteiger partial charge >= 0.3 is 0 Å². The highest BCUT2D eigenvalue weighted by Gasteiger charge is 2.31. The summed E-state index contributed by atoms with van der Waals surface area (Å²) >= 11 is 7.51. The van der Waals surface area contributed by atoms with Crippen LogP contribution in [0.25, 0.3) is 0 Å². The predicted molar refractivity (Wildman–Crippen MR) is 127 cm³/mol. The molecule has 1 fully saturated rings. The van der Waals surface area contributed by atoms with E-state index < -0.39 is 15.8 Å². The number of methoxy groups -OCH3 is 2. The highest BCUT2D eigenvalue weighted by atomic mass is 35.5. The Morgan fingerprint density at radius 1 is 1.09 bits per heavy atom.